The Hall–Kier alpha value is -1.69. The maximum Gasteiger partial charge on any atom is 0.265 e. The average molecular weight is 546 g/mol. The highest BCUT2D eigenvalue weighted by Gasteiger charge is 2.52. The Balaban J connectivity index is 1.54. The molecule has 0 unspecified atom stereocenters. The molecule has 0 atom stereocenters. The van der Waals surface area contributed by atoms with Crippen LogP contribution in [-0.2, 0) is 29.2 Å². The molecule has 0 spiro atoms. The summed E-state index contributed by atoms with van der Waals surface area (Å²) in [5, 5.41) is 8.86. The Bertz CT molecular complexity index is 1090. The topological polar surface area (TPSA) is 136 Å². The first-order valence-electron chi connectivity index (χ1n) is 12.5. The monoisotopic (exact) mass is 545 g/mol. The van der Waals surface area contributed by atoms with Crippen LogP contribution in [0.15, 0.2) is 29.2 Å². The van der Waals surface area contributed by atoms with E-state index >= 15 is 0 Å². The third kappa shape index (κ3) is 6.23. The lowest BCUT2D eigenvalue weighted by Crippen LogP contribution is -2.54. The summed E-state index contributed by atoms with van der Waals surface area (Å²) in [6.07, 6.45) is 3.52. The van der Waals surface area contributed by atoms with Gasteiger partial charge in [0.15, 0.2) is 24.4 Å². The van der Waals surface area contributed by atoms with Gasteiger partial charge in [-0.15, -0.1) is 0 Å². The van der Waals surface area contributed by atoms with E-state index in [4.69, 9.17) is 14.7 Å². The van der Waals surface area contributed by atoms with Gasteiger partial charge in [0.1, 0.15) is 5.75 Å². The number of benzene rings is 1. The third-order valence-corrected chi connectivity index (χ3v) is 12.6. The van der Waals surface area contributed by atoms with E-state index in [9.17, 15) is 21.6 Å². The van der Waals surface area contributed by atoms with Crippen LogP contribution < -0.4 is 10.2 Å². The quantitative estimate of drug-likeness (QED) is 0.274. The van der Waals surface area contributed by atoms with Crippen LogP contribution >= 0.6 is 0 Å². The fourth-order valence-electron chi connectivity index (χ4n) is 5.27. The summed E-state index contributed by atoms with van der Waals surface area (Å²) in [6, 6.07) is 5.69. The SMILES string of the molecule is CC(C)(C)C1CCC(S(=O)(=O)CCCOc2ccc(S(=O)(=O)C3(C(=O)NO)CCOCC3)cc2)CC1. The van der Waals surface area contributed by atoms with Crippen LogP contribution in [0.3, 0.4) is 0 Å². The summed E-state index contributed by atoms with van der Waals surface area (Å²) >= 11 is 0. The number of ether oxygens (including phenoxy) is 2. The van der Waals surface area contributed by atoms with E-state index in [1.807, 2.05) is 0 Å². The van der Waals surface area contributed by atoms with Crippen molar-refractivity contribution in [3.8, 4) is 5.75 Å². The predicted octanol–water partition coefficient (Wildman–Crippen LogP) is 3.30. The number of hydrogen-bond acceptors (Lipinski definition) is 8. The van der Waals surface area contributed by atoms with Gasteiger partial charge < -0.3 is 9.47 Å². The van der Waals surface area contributed by atoms with Crippen molar-refractivity contribution in [3.05, 3.63) is 24.3 Å². The molecule has 3 rings (SSSR count). The zero-order chi connectivity index (χ0) is 26.6. The summed E-state index contributed by atoms with van der Waals surface area (Å²) < 4.78 is 61.2. The molecule has 1 aromatic rings. The molecule has 1 aliphatic heterocycles. The average Bonchev–Trinajstić information content (AvgIpc) is 2.86. The molecule has 2 N–H and O–H groups in total. The van der Waals surface area contributed by atoms with Crippen LogP contribution in [0, 0.1) is 11.3 Å². The summed E-state index contributed by atoms with van der Waals surface area (Å²) in [7, 11) is -7.30. The number of hydrogen-bond donors (Lipinski definition) is 2. The van der Waals surface area contributed by atoms with Gasteiger partial charge in [-0.05, 0) is 80.5 Å². The van der Waals surface area contributed by atoms with Crippen molar-refractivity contribution >= 4 is 25.6 Å². The molecule has 1 heterocycles. The molecule has 2 aliphatic rings. The molecule has 0 bridgehead atoms. The number of carbonyl (C=O) groups excluding carboxylic acids is 1. The number of nitrogens with one attached hydrogen (secondary N) is 1. The van der Waals surface area contributed by atoms with Crippen molar-refractivity contribution in [2.75, 3.05) is 25.6 Å². The molecule has 1 saturated heterocycles. The molecule has 0 aromatic heterocycles. The highest BCUT2D eigenvalue weighted by molar-refractivity contribution is 7.93. The first kappa shape index (κ1) is 28.9. The number of carbonyl (C=O) groups is 1. The van der Waals surface area contributed by atoms with Crippen LogP contribution in [0.5, 0.6) is 5.75 Å². The highest BCUT2D eigenvalue weighted by atomic mass is 32.2. The molecule has 11 heteroatoms. The summed E-state index contributed by atoms with van der Waals surface area (Å²) in [5.41, 5.74) is 1.70. The van der Waals surface area contributed by atoms with Gasteiger partial charge in [-0.25, -0.2) is 22.3 Å². The largest absolute Gasteiger partial charge is 0.494 e. The molecule has 1 amide bonds. The zero-order valence-corrected chi connectivity index (χ0v) is 23.0. The second-order valence-electron chi connectivity index (χ2n) is 10.9. The Morgan fingerprint density at radius 1 is 1.06 bits per heavy atom. The van der Waals surface area contributed by atoms with E-state index in [-0.39, 0.29) is 54.0 Å². The van der Waals surface area contributed by atoms with Gasteiger partial charge in [0.2, 0.25) is 0 Å². The van der Waals surface area contributed by atoms with Crippen molar-refractivity contribution in [3.63, 3.8) is 0 Å². The lowest BCUT2D eigenvalue weighted by Gasteiger charge is -2.36. The molecule has 1 aliphatic carbocycles. The lowest BCUT2D eigenvalue weighted by atomic mass is 9.72. The van der Waals surface area contributed by atoms with Gasteiger partial charge in [0.05, 0.1) is 22.5 Å². The molecule has 1 aromatic carbocycles. The normalized spacial score (nSPS) is 23.1. The Kier molecular flexibility index (Phi) is 9.12. The lowest BCUT2D eigenvalue weighted by molar-refractivity contribution is -0.134. The summed E-state index contributed by atoms with van der Waals surface area (Å²) in [6.45, 7) is 7.00. The summed E-state index contributed by atoms with van der Waals surface area (Å²) in [5.74, 6) is 0.0489. The van der Waals surface area contributed by atoms with Gasteiger partial charge in [-0.3, -0.25) is 10.0 Å². The minimum Gasteiger partial charge on any atom is -0.494 e. The molecular weight excluding hydrogens is 506 g/mol. The molecule has 1 saturated carbocycles. The van der Waals surface area contributed by atoms with Crippen LogP contribution in [-0.4, -0.2) is 63.5 Å². The Morgan fingerprint density at radius 3 is 2.17 bits per heavy atom. The van der Waals surface area contributed by atoms with Gasteiger partial charge in [0.25, 0.3) is 5.91 Å². The Morgan fingerprint density at radius 2 is 1.64 bits per heavy atom. The maximum absolute atomic E-state index is 13.3. The Labute approximate surface area is 214 Å². The molecule has 36 heavy (non-hydrogen) atoms. The van der Waals surface area contributed by atoms with Crippen molar-refractivity contribution in [1.82, 2.24) is 5.48 Å². The number of hydroxylamine groups is 1. The standard InChI is InChI=1S/C25H39NO8S2/c1-24(2,3)19-5-9-21(10-6-19)35(29,30)18-4-15-34-20-7-11-22(12-8-20)36(31,32)25(23(27)26-28)13-16-33-17-14-25/h7-8,11-12,19,21,28H,4-6,9-10,13-18H2,1-3H3,(H,26,27). The summed E-state index contributed by atoms with van der Waals surface area (Å²) in [4.78, 5) is 12.3. The molecule has 2 fully saturated rings. The van der Waals surface area contributed by atoms with E-state index in [0.717, 1.165) is 12.8 Å². The minimum absolute atomic E-state index is 0.0607. The van der Waals surface area contributed by atoms with Crippen molar-refractivity contribution in [1.29, 1.82) is 0 Å². The molecule has 204 valence electrons. The van der Waals surface area contributed by atoms with E-state index in [1.165, 1.54) is 29.7 Å². The van der Waals surface area contributed by atoms with Crippen molar-refractivity contribution < 1.29 is 36.3 Å². The van der Waals surface area contributed by atoms with E-state index < -0.39 is 30.3 Å². The van der Waals surface area contributed by atoms with E-state index in [0.29, 0.717) is 30.9 Å². The minimum atomic E-state index is -4.11. The first-order chi connectivity index (χ1) is 16.8. The second-order valence-corrected chi connectivity index (χ2v) is 15.6. The van der Waals surface area contributed by atoms with Gasteiger partial charge >= 0.3 is 0 Å². The number of sulfone groups is 2. The predicted molar refractivity (Wildman–Crippen MR) is 135 cm³/mol. The molecule has 0 radical (unpaired) electrons. The molecule has 9 nitrogen and oxygen atoms in total. The fourth-order valence-corrected chi connectivity index (χ4v) is 9.05. The zero-order valence-electron chi connectivity index (χ0n) is 21.4. The highest BCUT2D eigenvalue weighted by Crippen LogP contribution is 2.40. The number of amides is 1. The molecular formula is C25H39NO8S2. The van der Waals surface area contributed by atoms with E-state index in [2.05, 4.69) is 20.8 Å². The van der Waals surface area contributed by atoms with Gasteiger partial charge in [-0.1, -0.05) is 20.8 Å². The van der Waals surface area contributed by atoms with Crippen LogP contribution in [0.1, 0.15) is 65.7 Å². The first-order valence-corrected chi connectivity index (χ1v) is 15.7. The van der Waals surface area contributed by atoms with Crippen LogP contribution in [0.25, 0.3) is 0 Å². The maximum atomic E-state index is 13.3. The van der Waals surface area contributed by atoms with Gasteiger partial charge in [0, 0.05) is 13.2 Å². The fraction of sp³-hybridized carbons (Fsp3) is 0.720. The third-order valence-electron chi connectivity index (χ3n) is 7.71. The van der Waals surface area contributed by atoms with Gasteiger partial charge in [-0.2, -0.15) is 0 Å². The van der Waals surface area contributed by atoms with Crippen LogP contribution in [0.2, 0.25) is 0 Å². The van der Waals surface area contributed by atoms with Crippen LogP contribution in [0.4, 0.5) is 0 Å². The van der Waals surface area contributed by atoms with Crippen molar-refractivity contribution in [2.24, 2.45) is 11.3 Å². The smallest absolute Gasteiger partial charge is 0.265 e. The van der Waals surface area contributed by atoms with Crippen molar-refractivity contribution in [2.45, 2.75) is 80.6 Å². The number of rotatable bonds is 9. The van der Waals surface area contributed by atoms with E-state index in [1.54, 1.807) is 0 Å². The second kappa shape index (κ2) is 11.4.